The fourth-order valence-electron chi connectivity index (χ4n) is 3.36. The lowest BCUT2D eigenvalue weighted by atomic mass is 9.96. The van der Waals surface area contributed by atoms with Crippen LogP contribution < -0.4 is 15.5 Å². The van der Waals surface area contributed by atoms with Gasteiger partial charge in [0.15, 0.2) is 0 Å². The van der Waals surface area contributed by atoms with Crippen molar-refractivity contribution in [2.24, 2.45) is 0 Å². The standard InChI is InChI=1S/C21H25N3O2/c1-3-22-21(26)17-8-6-9-18(13-17)23-20(25)14-24-15(2)11-12-16-7-4-5-10-19(16)24/h4-10,13,15H,3,11-12,14H2,1-2H3,(H,22,26)(H,23,25)/t15-/m1/s1. The first-order valence-electron chi connectivity index (χ1n) is 9.11. The SMILES string of the molecule is CCNC(=O)c1cccc(NC(=O)CN2c3ccccc3CC[C@H]2C)c1. The molecule has 0 unspecified atom stereocenters. The molecule has 2 aromatic carbocycles. The summed E-state index contributed by atoms with van der Waals surface area (Å²) in [5, 5.41) is 5.68. The fourth-order valence-corrected chi connectivity index (χ4v) is 3.36. The van der Waals surface area contributed by atoms with Crippen LogP contribution >= 0.6 is 0 Å². The van der Waals surface area contributed by atoms with E-state index < -0.39 is 0 Å². The molecule has 2 N–H and O–H groups in total. The molecule has 3 rings (SSSR count). The second kappa shape index (κ2) is 8.04. The van der Waals surface area contributed by atoms with Gasteiger partial charge in [-0.15, -0.1) is 0 Å². The number of nitrogens with zero attached hydrogens (tertiary/aromatic N) is 1. The minimum Gasteiger partial charge on any atom is -0.359 e. The molecule has 1 aliphatic heterocycles. The minimum atomic E-state index is -0.137. The van der Waals surface area contributed by atoms with E-state index in [0.717, 1.165) is 18.5 Å². The third-order valence-corrected chi connectivity index (χ3v) is 4.72. The van der Waals surface area contributed by atoms with Crippen LogP contribution in [0.5, 0.6) is 0 Å². The second-order valence-corrected chi connectivity index (χ2v) is 6.63. The Kier molecular flexibility index (Phi) is 5.56. The number of aryl methyl sites for hydroxylation is 1. The lowest BCUT2D eigenvalue weighted by Gasteiger charge is -2.36. The molecule has 0 saturated heterocycles. The van der Waals surface area contributed by atoms with Gasteiger partial charge < -0.3 is 15.5 Å². The Morgan fingerprint density at radius 3 is 2.77 bits per heavy atom. The Labute approximate surface area is 154 Å². The monoisotopic (exact) mass is 351 g/mol. The summed E-state index contributed by atoms with van der Waals surface area (Å²) in [5.41, 5.74) is 3.60. The van der Waals surface area contributed by atoms with Gasteiger partial charge in [0.05, 0.1) is 6.54 Å². The van der Waals surface area contributed by atoms with Crippen LogP contribution in [0.25, 0.3) is 0 Å². The first-order valence-corrected chi connectivity index (χ1v) is 9.11. The molecule has 0 saturated carbocycles. The molecule has 0 radical (unpaired) electrons. The van der Waals surface area contributed by atoms with Crippen LogP contribution in [0.2, 0.25) is 0 Å². The summed E-state index contributed by atoms with van der Waals surface area (Å²) in [5.74, 6) is -0.219. The zero-order valence-electron chi connectivity index (χ0n) is 15.3. The van der Waals surface area contributed by atoms with Crippen LogP contribution in [0.1, 0.15) is 36.2 Å². The fraction of sp³-hybridized carbons (Fsp3) is 0.333. The Morgan fingerprint density at radius 2 is 1.96 bits per heavy atom. The maximum absolute atomic E-state index is 12.6. The van der Waals surface area contributed by atoms with E-state index in [1.165, 1.54) is 5.56 Å². The number of benzene rings is 2. The summed E-state index contributed by atoms with van der Waals surface area (Å²) in [6, 6.07) is 15.6. The van der Waals surface area contributed by atoms with Gasteiger partial charge in [0, 0.05) is 29.5 Å². The summed E-state index contributed by atoms with van der Waals surface area (Å²) < 4.78 is 0. The van der Waals surface area contributed by atoms with Gasteiger partial charge in [-0.1, -0.05) is 24.3 Å². The predicted octanol–water partition coefficient (Wildman–Crippen LogP) is 3.22. The third-order valence-electron chi connectivity index (χ3n) is 4.72. The van der Waals surface area contributed by atoms with E-state index in [1.807, 2.05) is 19.1 Å². The van der Waals surface area contributed by atoms with E-state index in [4.69, 9.17) is 0 Å². The van der Waals surface area contributed by atoms with Gasteiger partial charge in [-0.2, -0.15) is 0 Å². The van der Waals surface area contributed by atoms with Crippen LogP contribution in [0.15, 0.2) is 48.5 Å². The highest BCUT2D eigenvalue weighted by atomic mass is 16.2. The van der Waals surface area contributed by atoms with Crippen molar-refractivity contribution < 1.29 is 9.59 Å². The molecule has 0 fully saturated rings. The molecule has 1 aliphatic rings. The van der Waals surface area contributed by atoms with Gasteiger partial charge in [0.2, 0.25) is 5.91 Å². The van der Waals surface area contributed by atoms with Crippen molar-refractivity contribution in [3.8, 4) is 0 Å². The highest BCUT2D eigenvalue weighted by Gasteiger charge is 2.24. The van der Waals surface area contributed by atoms with E-state index in [0.29, 0.717) is 30.4 Å². The van der Waals surface area contributed by atoms with Crippen molar-refractivity contribution in [1.82, 2.24) is 5.32 Å². The summed E-state index contributed by atoms with van der Waals surface area (Å²) in [6.45, 7) is 4.89. The molecule has 1 atom stereocenters. The van der Waals surface area contributed by atoms with Gasteiger partial charge in [0.25, 0.3) is 5.91 Å². The second-order valence-electron chi connectivity index (χ2n) is 6.63. The number of fused-ring (bicyclic) bond motifs is 1. The van der Waals surface area contributed by atoms with Crippen LogP contribution in [0.4, 0.5) is 11.4 Å². The lowest BCUT2D eigenvalue weighted by Crippen LogP contribution is -2.42. The first kappa shape index (κ1) is 18.0. The Balaban J connectivity index is 1.70. The van der Waals surface area contributed by atoms with Gasteiger partial charge in [-0.3, -0.25) is 9.59 Å². The lowest BCUT2D eigenvalue weighted by molar-refractivity contribution is -0.115. The molecular weight excluding hydrogens is 326 g/mol. The molecule has 136 valence electrons. The predicted molar refractivity (Wildman–Crippen MR) is 105 cm³/mol. The number of hydrogen-bond acceptors (Lipinski definition) is 3. The minimum absolute atomic E-state index is 0.0818. The number of carbonyl (C=O) groups excluding carboxylic acids is 2. The van der Waals surface area contributed by atoms with Crippen LogP contribution in [0, 0.1) is 0 Å². The van der Waals surface area contributed by atoms with Crippen molar-refractivity contribution in [3.05, 3.63) is 59.7 Å². The highest BCUT2D eigenvalue weighted by molar-refractivity contribution is 5.98. The quantitative estimate of drug-likeness (QED) is 0.869. The molecule has 26 heavy (non-hydrogen) atoms. The number of anilines is 2. The highest BCUT2D eigenvalue weighted by Crippen LogP contribution is 2.30. The van der Waals surface area contributed by atoms with Crippen molar-refractivity contribution in [2.75, 3.05) is 23.3 Å². The van der Waals surface area contributed by atoms with E-state index >= 15 is 0 Å². The molecule has 2 aromatic rings. The van der Waals surface area contributed by atoms with Crippen molar-refractivity contribution in [1.29, 1.82) is 0 Å². The summed E-state index contributed by atoms with van der Waals surface area (Å²) in [4.78, 5) is 26.7. The van der Waals surface area contributed by atoms with E-state index in [-0.39, 0.29) is 11.8 Å². The topological polar surface area (TPSA) is 61.4 Å². The Bertz CT molecular complexity index is 803. The molecule has 0 bridgehead atoms. The molecule has 0 aliphatic carbocycles. The zero-order valence-corrected chi connectivity index (χ0v) is 15.3. The number of rotatable bonds is 5. The first-order chi connectivity index (χ1) is 12.6. The average molecular weight is 351 g/mol. The van der Waals surface area contributed by atoms with Crippen LogP contribution in [0.3, 0.4) is 0 Å². The van der Waals surface area contributed by atoms with Crippen LogP contribution in [-0.4, -0.2) is 30.9 Å². The van der Waals surface area contributed by atoms with Gasteiger partial charge in [0.1, 0.15) is 0 Å². The van der Waals surface area contributed by atoms with Gasteiger partial charge in [-0.05, 0) is 56.5 Å². The molecule has 1 heterocycles. The Hall–Kier alpha value is -2.82. The molecule has 2 amide bonds. The van der Waals surface area contributed by atoms with Gasteiger partial charge >= 0.3 is 0 Å². The average Bonchev–Trinajstić information content (AvgIpc) is 2.64. The molecule has 5 heteroatoms. The number of para-hydroxylation sites is 1. The molecule has 0 aromatic heterocycles. The molecular formula is C21H25N3O2. The zero-order chi connectivity index (χ0) is 18.5. The van der Waals surface area contributed by atoms with Crippen molar-refractivity contribution in [2.45, 2.75) is 32.7 Å². The van der Waals surface area contributed by atoms with E-state index in [1.54, 1.807) is 24.3 Å². The van der Waals surface area contributed by atoms with Crippen LogP contribution in [-0.2, 0) is 11.2 Å². The molecule has 0 spiro atoms. The van der Waals surface area contributed by atoms with Gasteiger partial charge in [-0.25, -0.2) is 0 Å². The molecule has 5 nitrogen and oxygen atoms in total. The normalized spacial score (nSPS) is 15.9. The largest absolute Gasteiger partial charge is 0.359 e. The number of amides is 2. The van der Waals surface area contributed by atoms with E-state index in [9.17, 15) is 9.59 Å². The summed E-state index contributed by atoms with van der Waals surface area (Å²) in [6.07, 6.45) is 2.08. The third kappa shape index (κ3) is 4.04. The summed E-state index contributed by atoms with van der Waals surface area (Å²) in [7, 11) is 0. The number of carbonyl (C=O) groups is 2. The van der Waals surface area contributed by atoms with E-state index in [2.05, 4.69) is 34.6 Å². The number of nitrogens with one attached hydrogen (secondary N) is 2. The maximum Gasteiger partial charge on any atom is 0.251 e. The summed E-state index contributed by atoms with van der Waals surface area (Å²) >= 11 is 0. The maximum atomic E-state index is 12.6. The number of hydrogen-bond donors (Lipinski definition) is 2. The van der Waals surface area contributed by atoms with Crippen molar-refractivity contribution in [3.63, 3.8) is 0 Å². The van der Waals surface area contributed by atoms with Crippen molar-refractivity contribution >= 4 is 23.2 Å². The smallest absolute Gasteiger partial charge is 0.251 e. The Morgan fingerprint density at radius 1 is 1.15 bits per heavy atom.